The molecule has 0 aromatic carbocycles. The number of ether oxygens (including phenoxy) is 3. The van der Waals surface area contributed by atoms with Crippen LogP contribution in [0.1, 0.15) is 39.0 Å². The molecule has 1 fully saturated rings. The second-order valence-corrected chi connectivity index (χ2v) is 4.08. The van der Waals surface area contributed by atoms with Gasteiger partial charge in [0.05, 0.1) is 13.2 Å². The molecule has 0 saturated carbocycles. The first-order valence-electron chi connectivity index (χ1n) is 6.50. The van der Waals surface area contributed by atoms with Crippen LogP contribution in [0.4, 0.5) is 4.39 Å². The van der Waals surface area contributed by atoms with Crippen molar-refractivity contribution < 1.29 is 23.4 Å². The number of esters is 1. The first-order chi connectivity index (χ1) is 8.74. The minimum atomic E-state index is -0.894. The van der Waals surface area contributed by atoms with Crippen LogP contribution in [0.5, 0.6) is 0 Å². The average molecular weight is 260 g/mol. The predicted molar refractivity (Wildman–Crippen MR) is 64.6 cm³/mol. The van der Waals surface area contributed by atoms with Gasteiger partial charge in [0.15, 0.2) is 6.29 Å². The third-order valence-corrected chi connectivity index (χ3v) is 2.58. The molecule has 1 rings (SSSR count). The van der Waals surface area contributed by atoms with Gasteiger partial charge < -0.3 is 14.2 Å². The van der Waals surface area contributed by atoms with E-state index in [4.69, 9.17) is 9.47 Å². The Labute approximate surface area is 107 Å². The topological polar surface area (TPSA) is 44.8 Å². The lowest BCUT2D eigenvalue weighted by Gasteiger charge is -2.22. The van der Waals surface area contributed by atoms with E-state index in [1.807, 2.05) is 0 Å². The number of carbonyl (C=O) groups is 1. The molecular formula is C13H21FO4. The normalized spacial score (nSPS) is 20.8. The highest BCUT2D eigenvalue weighted by molar-refractivity contribution is 5.85. The van der Waals surface area contributed by atoms with Gasteiger partial charge in [-0.2, -0.15) is 4.39 Å². The summed E-state index contributed by atoms with van der Waals surface area (Å²) in [6.07, 6.45) is 5.38. The highest BCUT2D eigenvalue weighted by atomic mass is 19.1. The van der Waals surface area contributed by atoms with Gasteiger partial charge in [-0.3, -0.25) is 0 Å². The summed E-state index contributed by atoms with van der Waals surface area (Å²) in [4.78, 5) is 10.9. The lowest BCUT2D eigenvalue weighted by atomic mass is 10.2. The van der Waals surface area contributed by atoms with Gasteiger partial charge in [0.25, 0.3) is 0 Å². The fraction of sp³-hybridized carbons (Fsp3) is 0.769. The highest BCUT2D eigenvalue weighted by Crippen LogP contribution is 2.14. The quantitative estimate of drug-likeness (QED) is 0.401. The van der Waals surface area contributed by atoms with Crippen LogP contribution >= 0.6 is 0 Å². The molecule has 0 radical (unpaired) electrons. The molecular weight excluding hydrogens is 239 g/mol. The zero-order valence-corrected chi connectivity index (χ0v) is 10.8. The fourth-order valence-corrected chi connectivity index (χ4v) is 1.65. The van der Waals surface area contributed by atoms with E-state index in [2.05, 4.69) is 4.74 Å². The minimum Gasteiger partial charge on any atom is -0.461 e. The third kappa shape index (κ3) is 6.12. The van der Waals surface area contributed by atoms with Crippen molar-refractivity contribution in [3.8, 4) is 0 Å². The molecule has 1 aliphatic heterocycles. The number of allylic oxidation sites excluding steroid dienone is 1. The highest BCUT2D eigenvalue weighted by Gasteiger charge is 2.13. The number of hydrogen-bond acceptors (Lipinski definition) is 4. The molecule has 0 unspecified atom stereocenters. The molecule has 1 atom stereocenters. The molecule has 0 N–H and O–H groups in total. The Kier molecular flexibility index (Phi) is 7.60. The molecule has 0 spiro atoms. The zero-order valence-electron chi connectivity index (χ0n) is 10.8. The van der Waals surface area contributed by atoms with Crippen molar-refractivity contribution in [2.45, 2.75) is 45.3 Å². The van der Waals surface area contributed by atoms with Gasteiger partial charge in [-0.1, -0.05) is 0 Å². The van der Waals surface area contributed by atoms with Gasteiger partial charge >= 0.3 is 5.97 Å². The molecule has 1 saturated heterocycles. The van der Waals surface area contributed by atoms with E-state index in [9.17, 15) is 9.18 Å². The monoisotopic (exact) mass is 260 g/mol. The molecule has 0 aliphatic carbocycles. The van der Waals surface area contributed by atoms with E-state index in [1.54, 1.807) is 6.92 Å². The Hall–Kier alpha value is -0.940. The third-order valence-electron chi connectivity index (χ3n) is 2.58. The van der Waals surface area contributed by atoms with Gasteiger partial charge in [-0.05, 0) is 45.1 Å². The number of carbonyl (C=O) groups excluding carboxylic acids is 1. The number of unbranched alkanes of at least 4 members (excludes halogenated alkanes) is 1. The van der Waals surface area contributed by atoms with E-state index in [-0.39, 0.29) is 12.9 Å². The van der Waals surface area contributed by atoms with Gasteiger partial charge in [0.1, 0.15) is 0 Å². The maximum absolute atomic E-state index is 13.1. The molecule has 18 heavy (non-hydrogen) atoms. The number of halogens is 1. The van der Waals surface area contributed by atoms with Crippen molar-refractivity contribution in [3.05, 3.63) is 11.9 Å². The fourth-order valence-electron chi connectivity index (χ4n) is 1.65. The Morgan fingerprint density at radius 1 is 1.50 bits per heavy atom. The SMILES string of the molecule is CCOC(=O)/C(F)=C/CCCO[C@@H]1CCCCO1. The van der Waals surface area contributed by atoms with Gasteiger partial charge in [0, 0.05) is 6.61 Å². The van der Waals surface area contributed by atoms with Crippen LogP contribution < -0.4 is 0 Å². The first kappa shape index (κ1) is 15.1. The molecule has 5 heteroatoms. The predicted octanol–water partition coefficient (Wildman–Crippen LogP) is 2.73. The van der Waals surface area contributed by atoms with Crippen LogP contribution in [0.3, 0.4) is 0 Å². The number of rotatable bonds is 7. The van der Waals surface area contributed by atoms with Crippen molar-refractivity contribution in [2.24, 2.45) is 0 Å². The lowest BCUT2D eigenvalue weighted by Crippen LogP contribution is -2.22. The summed E-state index contributed by atoms with van der Waals surface area (Å²) < 4.78 is 28.5. The van der Waals surface area contributed by atoms with E-state index >= 15 is 0 Å². The second-order valence-electron chi connectivity index (χ2n) is 4.08. The molecule has 0 aromatic rings. The van der Waals surface area contributed by atoms with Crippen molar-refractivity contribution in [2.75, 3.05) is 19.8 Å². The standard InChI is InChI=1S/C13H21FO4/c1-2-16-13(15)11(14)7-3-5-9-17-12-8-4-6-10-18-12/h7,12H,2-6,8-10H2,1H3/b11-7-/t12-/m0/s1. The largest absolute Gasteiger partial charge is 0.461 e. The van der Waals surface area contributed by atoms with Crippen molar-refractivity contribution in [3.63, 3.8) is 0 Å². The van der Waals surface area contributed by atoms with Crippen molar-refractivity contribution >= 4 is 5.97 Å². The van der Waals surface area contributed by atoms with Crippen LogP contribution in [0.15, 0.2) is 11.9 Å². The Bertz CT molecular complexity index is 272. The van der Waals surface area contributed by atoms with Crippen LogP contribution in [-0.2, 0) is 19.0 Å². The van der Waals surface area contributed by atoms with Gasteiger partial charge in [-0.25, -0.2) is 4.79 Å². The van der Waals surface area contributed by atoms with Crippen molar-refractivity contribution in [1.82, 2.24) is 0 Å². The molecule has 4 nitrogen and oxygen atoms in total. The molecule has 0 aromatic heterocycles. The average Bonchev–Trinajstić information content (AvgIpc) is 2.39. The Balaban J connectivity index is 2.06. The maximum Gasteiger partial charge on any atom is 0.366 e. The van der Waals surface area contributed by atoms with Gasteiger partial charge in [-0.15, -0.1) is 0 Å². The Morgan fingerprint density at radius 2 is 2.33 bits per heavy atom. The summed E-state index contributed by atoms with van der Waals surface area (Å²) in [7, 11) is 0. The summed E-state index contributed by atoms with van der Waals surface area (Å²) in [5.41, 5.74) is 0. The first-order valence-corrected chi connectivity index (χ1v) is 6.50. The molecule has 104 valence electrons. The Morgan fingerprint density at radius 3 is 3.00 bits per heavy atom. The van der Waals surface area contributed by atoms with Crippen LogP contribution in [0.2, 0.25) is 0 Å². The van der Waals surface area contributed by atoms with E-state index in [1.165, 1.54) is 6.08 Å². The molecule has 1 heterocycles. The van der Waals surface area contributed by atoms with Crippen LogP contribution in [0, 0.1) is 0 Å². The summed E-state index contributed by atoms with van der Waals surface area (Å²) in [5, 5.41) is 0. The van der Waals surface area contributed by atoms with E-state index < -0.39 is 11.8 Å². The smallest absolute Gasteiger partial charge is 0.366 e. The maximum atomic E-state index is 13.1. The van der Waals surface area contributed by atoms with Crippen molar-refractivity contribution in [1.29, 1.82) is 0 Å². The summed E-state index contributed by atoms with van der Waals surface area (Å²) >= 11 is 0. The second kappa shape index (κ2) is 9.05. The molecule has 0 amide bonds. The summed E-state index contributed by atoms with van der Waals surface area (Å²) in [5.74, 6) is -1.72. The molecule has 0 bridgehead atoms. The zero-order chi connectivity index (χ0) is 13.2. The van der Waals surface area contributed by atoms with E-state index in [0.29, 0.717) is 19.4 Å². The van der Waals surface area contributed by atoms with Crippen LogP contribution in [-0.4, -0.2) is 32.1 Å². The summed E-state index contributed by atoms with van der Waals surface area (Å²) in [6, 6.07) is 0. The van der Waals surface area contributed by atoms with E-state index in [0.717, 1.165) is 25.9 Å². The lowest BCUT2D eigenvalue weighted by molar-refractivity contribution is -0.162. The summed E-state index contributed by atoms with van der Waals surface area (Å²) in [6.45, 7) is 3.09. The molecule has 1 aliphatic rings. The van der Waals surface area contributed by atoms with Gasteiger partial charge in [0.2, 0.25) is 5.83 Å². The van der Waals surface area contributed by atoms with Crippen LogP contribution in [0.25, 0.3) is 0 Å². The number of hydrogen-bond donors (Lipinski definition) is 0. The minimum absolute atomic E-state index is 0.113.